The van der Waals surface area contributed by atoms with Gasteiger partial charge in [0.2, 0.25) is 0 Å². The van der Waals surface area contributed by atoms with E-state index in [0.717, 1.165) is 19.3 Å². The topological polar surface area (TPSA) is 55.8 Å². The quantitative estimate of drug-likeness (QED) is 0.372. The maximum absolute atomic E-state index is 12.7. The maximum atomic E-state index is 12.7. The average Bonchev–Trinajstić information content (AvgIpc) is 2.72. The fraction of sp³-hybridized carbons (Fsp3) is 0.480. The van der Waals surface area contributed by atoms with Gasteiger partial charge < -0.3 is 14.6 Å². The minimum atomic E-state index is -0.521. The lowest BCUT2D eigenvalue weighted by Gasteiger charge is -2.26. The Kier molecular flexibility index (Phi) is 9.20. The number of carbonyl (C=O) groups excluding carboxylic acids is 1. The summed E-state index contributed by atoms with van der Waals surface area (Å²) in [4.78, 5) is 12.7. The van der Waals surface area contributed by atoms with E-state index >= 15 is 0 Å². The van der Waals surface area contributed by atoms with Crippen LogP contribution in [0.25, 0.3) is 0 Å². The summed E-state index contributed by atoms with van der Waals surface area (Å²) in [6.45, 7) is 8.39. The highest BCUT2D eigenvalue weighted by Gasteiger charge is 2.26. The van der Waals surface area contributed by atoms with Crippen molar-refractivity contribution >= 4 is 5.97 Å². The zero-order valence-electron chi connectivity index (χ0n) is 18.0. The van der Waals surface area contributed by atoms with E-state index in [2.05, 4.69) is 19.1 Å². The normalized spacial score (nSPS) is 15.3. The average molecular weight is 399 g/mol. The van der Waals surface area contributed by atoms with Gasteiger partial charge in [-0.1, -0.05) is 56.3 Å². The molecule has 0 bridgehead atoms. The van der Waals surface area contributed by atoms with Crippen LogP contribution < -0.4 is 0 Å². The first-order valence-corrected chi connectivity index (χ1v) is 10.6. The minimum Gasteiger partial charge on any atom is -0.508 e. The van der Waals surface area contributed by atoms with Gasteiger partial charge in [0.1, 0.15) is 5.75 Å². The molecule has 2 rings (SSSR count). The van der Waals surface area contributed by atoms with Gasteiger partial charge in [0.15, 0.2) is 6.29 Å². The van der Waals surface area contributed by atoms with Gasteiger partial charge in [-0.2, -0.15) is 0 Å². The number of aromatic hydroxyl groups is 1. The zero-order chi connectivity index (χ0) is 21.2. The second-order valence-electron chi connectivity index (χ2n) is 7.64. The van der Waals surface area contributed by atoms with Crippen molar-refractivity contribution < 1.29 is 19.4 Å². The summed E-state index contributed by atoms with van der Waals surface area (Å²) in [5, 5.41) is 9.56. The Balaban J connectivity index is 2.14. The number of carbonyl (C=O) groups is 1. The third-order valence-electron chi connectivity index (χ3n) is 5.45. The highest BCUT2D eigenvalue weighted by Crippen LogP contribution is 2.35. The number of benzene rings is 2. The van der Waals surface area contributed by atoms with Crippen LogP contribution in [0.1, 0.15) is 69.9 Å². The van der Waals surface area contributed by atoms with Gasteiger partial charge in [-0.05, 0) is 68.2 Å². The van der Waals surface area contributed by atoms with Crippen LogP contribution in [0, 0.1) is 5.92 Å². The molecule has 0 amide bonds. The highest BCUT2D eigenvalue weighted by atomic mass is 16.7. The van der Waals surface area contributed by atoms with Crippen LogP contribution in [0.2, 0.25) is 0 Å². The number of hydrogen-bond acceptors (Lipinski definition) is 4. The maximum Gasteiger partial charge on any atom is 0.311 e. The molecular weight excluding hydrogens is 364 g/mol. The smallest absolute Gasteiger partial charge is 0.311 e. The van der Waals surface area contributed by atoms with Gasteiger partial charge in [-0.3, -0.25) is 4.79 Å². The summed E-state index contributed by atoms with van der Waals surface area (Å²) in [7, 11) is 0. The number of phenolic OH excluding ortho intramolecular Hbond substituents is 1. The molecule has 29 heavy (non-hydrogen) atoms. The van der Waals surface area contributed by atoms with Gasteiger partial charge in [0.25, 0.3) is 0 Å². The fourth-order valence-electron chi connectivity index (χ4n) is 3.76. The lowest BCUT2D eigenvalue weighted by Crippen LogP contribution is -2.25. The first-order valence-electron chi connectivity index (χ1n) is 10.6. The van der Waals surface area contributed by atoms with E-state index in [9.17, 15) is 9.90 Å². The van der Waals surface area contributed by atoms with Gasteiger partial charge >= 0.3 is 5.97 Å². The molecule has 4 heteroatoms. The van der Waals surface area contributed by atoms with Crippen LogP contribution >= 0.6 is 0 Å². The first kappa shape index (κ1) is 23.0. The number of ether oxygens (including phenoxy) is 2. The molecule has 0 spiro atoms. The molecule has 0 aliphatic heterocycles. The molecule has 4 atom stereocenters. The summed E-state index contributed by atoms with van der Waals surface area (Å²) in [5.41, 5.74) is 2.42. The van der Waals surface area contributed by atoms with E-state index in [1.54, 1.807) is 19.1 Å². The third-order valence-corrected chi connectivity index (χ3v) is 5.45. The van der Waals surface area contributed by atoms with E-state index in [4.69, 9.17) is 9.47 Å². The van der Waals surface area contributed by atoms with Crippen molar-refractivity contribution in [1.82, 2.24) is 0 Å². The number of rotatable bonds is 11. The van der Waals surface area contributed by atoms with Crippen molar-refractivity contribution in [2.45, 2.75) is 65.1 Å². The lowest BCUT2D eigenvalue weighted by atomic mass is 9.80. The molecule has 158 valence electrons. The van der Waals surface area contributed by atoms with Gasteiger partial charge in [-0.15, -0.1) is 0 Å². The molecule has 2 aromatic carbocycles. The molecule has 2 aromatic rings. The van der Waals surface area contributed by atoms with Crippen molar-refractivity contribution in [2.75, 3.05) is 6.61 Å². The Morgan fingerprint density at radius 3 is 2.17 bits per heavy atom. The van der Waals surface area contributed by atoms with Crippen LogP contribution in [-0.2, 0) is 14.3 Å². The predicted octanol–water partition coefficient (Wildman–Crippen LogP) is 6.01. The molecule has 4 unspecified atom stereocenters. The van der Waals surface area contributed by atoms with Crippen LogP contribution in [-0.4, -0.2) is 24.0 Å². The second-order valence-corrected chi connectivity index (χ2v) is 7.64. The molecule has 0 aliphatic carbocycles. The van der Waals surface area contributed by atoms with Gasteiger partial charge in [0.05, 0.1) is 5.92 Å². The number of phenols is 1. The lowest BCUT2D eigenvalue weighted by molar-refractivity contribution is -0.179. The number of esters is 1. The summed E-state index contributed by atoms with van der Waals surface area (Å²) >= 11 is 0. The standard InChI is InChI=1S/C25H34O4/c1-5-20(25(27)29-19(4)28-6-2)17-23(22-10-8-7-9-11-22)16-18(3)21-12-14-24(26)15-13-21/h7-15,18-20,23,26H,5-6,16-17H2,1-4H3. The van der Waals surface area contributed by atoms with Crippen molar-refractivity contribution in [3.8, 4) is 5.75 Å². The van der Waals surface area contributed by atoms with E-state index in [0.29, 0.717) is 12.5 Å². The summed E-state index contributed by atoms with van der Waals surface area (Å²) in [6, 6.07) is 17.8. The van der Waals surface area contributed by atoms with Crippen LogP contribution in [0.3, 0.4) is 0 Å². The van der Waals surface area contributed by atoms with Gasteiger partial charge in [-0.25, -0.2) is 0 Å². The zero-order valence-corrected chi connectivity index (χ0v) is 18.0. The number of hydrogen-bond donors (Lipinski definition) is 1. The Labute approximate surface area is 174 Å². The van der Waals surface area contributed by atoms with Gasteiger partial charge in [0, 0.05) is 6.61 Å². The monoisotopic (exact) mass is 398 g/mol. The molecule has 0 heterocycles. The van der Waals surface area contributed by atoms with Crippen molar-refractivity contribution in [3.05, 3.63) is 65.7 Å². The van der Waals surface area contributed by atoms with Crippen molar-refractivity contribution in [2.24, 2.45) is 5.92 Å². The van der Waals surface area contributed by atoms with E-state index in [1.165, 1.54) is 11.1 Å². The molecule has 0 saturated carbocycles. The molecule has 4 nitrogen and oxygen atoms in total. The Bertz CT molecular complexity index is 726. The van der Waals surface area contributed by atoms with Crippen LogP contribution in [0.4, 0.5) is 0 Å². The molecule has 0 saturated heterocycles. The predicted molar refractivity (Wildman–Crippen MR) is 116 cm³/mol. The summed E-state index contributed by atoms with van der Waals surface area (Å²) in [5.74, 6) is 0.455. The molecule has 0 aromatic heterocycles. The first-order chi connectivity index (χ1) is 13.9. The molecule has 0 aliphatic rings. The van der Waals surface area contributed by atoms with E-state index in [-0.39, 0.29) is 23.6 Å². The van der Waals surface area contributed by atoms with Crippen molar-refractivity contribution in [3.63, 3.8) is 0 Å². The Morgan fingerprint density at radius 2 is 1.59 bits per heavy atom. The fourth-order valence-corrected chi connectivity index (χ4v) is 3.76. The van der Waals surface area contributed by atoms with Crippen molar-refractivity contribution in [1.29, 1.82) is 0 Å². The SMILES string of the molecule is CCOC(C)OC(=O)C(CC)CC(CC(C)c1ccc(O)cc1)c1ccccc1. The third kappa shape index (κ3) is 7.21. The molecule has 1 N–H and O–H groups in total. The van der Waals surface area contributed by atoms with E-state index < -0.39 is 6.29 Å². The Morgan fingerprint density at radius 1 is 0.931 bits per heavy atom. The second kappa shape index (κ2) is 11.6. The Hall–Kier alpha value is -2.33. The largest absolute Gasteiger partial charge is 0.508 e. The van der Waals surface area contributed by atoms with E-state index in [1.807, 2.05) is 44.2 Å². The summed E-state index contributed by atoms with van der Waals surface area (Å²) in [6.07, 6.45) is 1.86. The van der Waals surface area contributed by atoms with Crippen LogP contribution in [0.5, 0.6) is 5.75 Å². The molecule has 0 fully saturated rings. The highest BCUT2D eigenvalue weighted by molar-refractivity contribution is 5.72. The minimum absolute atomic E-state index is 0.171. The summed E-state index contributed by atoms with van der Waals surface area (Å²) < 4.78 is 10.9. The van der Waals surface area contributed by atoms with Crippen LogP contribution in [0.15, 0.2) is 54.6 Å². The molecule has 0 radical (unpaired) electrons. The molecular formula is C25H34O4.